The summed E-state index contributed by atoms with van der Waals surface area (Å²) in [6, 6.07) is 0. The monoisotopic (exact) mass is 344 g/mol. The van der Waals surface area contributed by atoms with Crippen LogP contribution in [0, 0.1) is 0 Å². The van der Waals surface area contributed by atoms with Crippen LogP contribution in [0.3, 0.4) is 0 Å². The Labute approximate surface area is 138 Å². The van der Waals surface area contributed by atoms with Gasteiger partial charge in [-0.2, -0.15) is 0 Å². The summed E-state index contributed by atoms with van der Waals surface area (Å²) in [5.41, 5.74) is -0.0626. The number of carbonyl (C=O) groups is 1. The predicted molar refractivity (Wildman–Crippen MR) is 88.0 cm³/mol. The Bertz CT molecular complexity index is 544. The van der Waals surface area contributed by atoms with Gasteiger partial charge in [-0.3, -0.25) is 9.69 Å². The Morgan fingerprint density at radius 1 is 1.09 bits per heavy atom. The fraction of sp³-hybridized carbons (Fsp3) is 0.938. The van der Waals surface area contributed by atoms with Gasteiger partial charge in [0.25, 0.3) is 0 Å². The molecule has 1 N–H and O–H groups in total. The van der Waals surface area contributed by atoms with Crippen LogP contribution in [0.4, 0.5) is 0 Å². The van der Waals surface area contributed by atoms with Crippen LogP contribution in [0.5, 0.6) is 0 Å². The molecule has 2 aliphatic heterocycles. The Hall–Kier alpha value is -0.660. The van der Waals surface area contributed by atoms with E-state index in [0.717, 1.165) is 32.4 Å². The van der Waals surface area contributed by atoms with E-state index in [1.165, 1.54) is 19.1 Å². The van der Waals surface area contributed by atoms with Gasteiger partial charge in [-0.15, -0.1) is 0 Å². The molecule has 1 aliphatic carbocycles. The molecular formula is C16H28N2O4S. The molecule has 0 aromatic heterocycles. The summed E-state index contributed by atoms with van der Waals surface area (Å²) in [6.45, 7) is 4.08. The maximum Gasteiger partial charge on any atom is 0.241 e. The molecule has 1 saturated carbocycles. The largest absolute Gasteiger partial charge is 0.381 e. The van der Waals surface area contributed by atoms with Crippen LogP contribution in [-0.2, 0) is 19.4 Å². The number of sulfone groups is 1. The van der Waals surface area contributed by atoms with Gasteiger partial charge < -0.3 is 10.1 Å². The normalized spacial score (nSPS) is 27.3. The molecule has 0 aromatic carbocycles. The van der Waals surface area contributed by atoms with Gasteiger partial charge in [-0.05, 0) is 58.0 Å². The number of rotatable bonds is 5. The van der Waals surface area contributed by atoms with Gasteiger partial charge in [0.2, 0.25) is 5.91 Å². The van der Waals surface area contributed by atoms with Gasteiger partial charge in [-0.1, -0.05) is 0 Å². The SMILES string of the molecule is CS(=O)(=O)C1(C(=O)NCC2(N3CCCC3)CCOCC2)CCC1. The number of ether oxygens (including phenoxy) is 1. The minimum atomic E-state index is -3.37. The van der Waals surface area contributed by atoms with E-state index in [1.807, 2.05) is 0 Å². The highest BCUT2D eigenvalue weighted by Crippen LogP contribution is 2.39. The van der Waals surface area contributed by atoms with Gasteiger partial charge in [-0.25, -0.2) is 8.42 Å². The van der Waals surface area contributed by atoms with Crippen molar-refractivity contribution in [2.45, 2.75) is 55.2 Å². The Balaban J connectivity index is 1.70. The third kappa shape index (κ3) is 3.03. The molecule has 3 aliphatic rings. The quantitative estimate of drug-likeness (QED) is 0.795. The van der Waals surface area contributed by atoms with Crippen molar-refractivity contribution in [3.05, 3.63) is 0 Å². The number of nitrogens with one attached hydrogen (secondary N) is 1. The molecule has 0 atom stereocenters. The first-order valence-corrected chi connectivity index (χ1v) is 10.6. The van der Waals surface area contributed by atoms with Gasteiger partial charge in [0.1, 0.15) is 4.75 Å². The van der Waals surface area contributed by atoms with E-state index < -0.39 is 14.6 Å². The molecule has 0 spiro atoms. The first-order chi connectivity index (χ1) is 10.9. The smallest absolute Gasteiger partial charge is 0.241 e. The van der Waals surface area contributed by atoms with Crippen LogP contribution in [0.1, 0.15) is 44.9 Å². The van der Waals surface area contributed by atoms with Crippen molar-refractivity contribution in [3.8, 4) is 0 Å². The first-order valence-electron chi connectivity index (χ1n) is 8.70. The number of amides is 1. The number of nitrogens with zero attached hydrogens (tertiary/aromatic N) is 1. The highest BCUT2D eigenvalue weighted by atomic mass is 32.2. The highest BCUT2D eigenvalue weighted by molar-refractivity contribution is 7.93. The second-order valence-electron chi connectivity index (χ2n) is 7.33. The standard InChI is InChI=1S/C16H28N2O4S/c1-23(20,21)16(5-4-6-16)14(19)17-13-15(7-11-22-12-8-15)18-9-2-3-10-18/h2-13H2,1H3,(H,17,19). The number of hydrogen-bond donors (Lipinski definition) is 1. The molecule has 23 heavy (non-hydrogen) atoms. The van der Waals surface area contributed by atoms with Gasteiger partial charge in [0, 0.05) is 31.6 Å². The highest BCUT2D eigenvalue weighted by Gasteiger charge is 2.53. The Morgan fingerprint density at radius 3 is 2.17 bits per heavy atom. The average Bonchev–Trinajstić information content (AvgIpc) is 2.98. The minimum absolute atomic E-state index is 0.0626. The lowest BCUT2D eigenvalue weighted by Crippen LogP contribution is -2.62. The summed E-state index contributed by atoms with van der Waals surface area (Å²) < 4.78 is 28.5. The van der Waals surface area contributed by atoms with Crippen molar-refractivity contribution in [2.24, 2.45) is 0 Å². The van der Waals surface area contributed by atoms with Crippen LogP contribution in [-0.4, -0.2) is 68.6 Å². The van der Waals surface area contributed by atoms with Gasteiger partial charge >= 0.3 is 0 Å². The third-order valence-electron chi connectivity index (χ3n) is 6.06. The van der Waals surface area contributed by atoms with Crippen LogP contribution in [0.2, 0.25) is 0 Å². The number of hydrogen-bond acceptors (Lipinski definition) is 5. The molecule has 0 bridgehead atoms. The van der Waals surface area contributed by atoms with E-state index in [-0.39, 0.29) is 11.4 Å². The lowest BCUT2D eigenvalue weighted by Gasteiger charge is -2.46. The molecule has 7 heteroatoms. The molecule has 132 valence electrons. The molecular weight excluding hydrogens is 316 g/mol. The summed E-state index contributed by atoms with van der Waals surface area (Å²) in [5, 5.41) is 3.00. The number of carbonyl (C=O) groups excluding carboxylic acids is 1. The fourth-order valence-electron chi connectivity index (χ4n) is 4.22. The topological polar surface area (TPSA) is 75.7 Å². The molecule has 0 radical (unpaired) electrons. The Kier molecular flexibility index (Phi) is 4.73. The van der Waals surface area contributed by atoms with Crippen LogP contribution < -0.4 is 5.32 Å². The zero-order valence-corrected chi connectivity index (χ0v) is 14.8. The van der Waals surface area contributed by atoms with Crippen LogP contribution >= 0.6 is 0 Å². The molecule has 3 rings (SSSR count). The average molecular weight is 344 g/mol. The first kappa shape index (κ1) is 17.2. The predicted octanol–water partition coefficient (Wildman–Crippen LogP) is 0.715. The maximum atomic E-state index is 12.7. The minimum Gasteiger partial charge on any atom is -0.381 e. The molecule has 2 heterocycles. The summed E-state index contributed by atoms with van der Waals surface area (Å²) >= 11 is 0. The van der Waals surface area contributed by atoms with E-state index in [1.54, 1.807) is 0 Å². The fourth-order valence-corrected chi connectivity index (χ4v) is 5.66. The Morgan fingerprint density at radius 2 is 1.70 bits per heavy atom. The van der Waals surface area contributed by atoms with Crippen molar-refractivity contribution in [1.82, 2.24) is 10.2 Å². The van der Waals surface area contributed by atoms with Crippen molar-refractivity contribution in [2.75, 3.05) is 39.1 Å². The van der Waals surface area contributed by atoms with E-state index in [9.17, 15) is 13.2 Å². The lowest BCUT2D eigenvalue weighted by molar-refractivity contribution is -0.127. The van der Waals surface area contributed by atoms with Crippen molar-refractivity contribution in [1.29, 1.82) is 0 Å². The molecule has 6 nitrogen and oxygen atoms in total. The third-order valence-corrected chi connectivity index (χ3v) is 8.08. The van der Waals surface area contributed by atoms with Crippen LogP contribution in [0.15, 0.2) is 0 Å². The van der Waals surface area contributed by atoms with E-state index >= 15 is 0 Å². The van der Waals surface area contributed by atoms with E-state index in [4.69, 9.17) is 4.74 Å². The molecule has 1 amide bonds. The second-order valence-corrected chi connectivity index (χ2v) is 9.66. The van der Waals surface area contributed by atoms with Crippen molar-refractivity contribution >= 4 is 15.7 Å². The van der Waals surface area contributed by atoms with E-state index in [2.05, 4.69) is 10.2 Å². The summed E-state index contributed by atoms with van der Waals surface area (Å²) in [6.07, 6.45) is 7.11. The lowest BCUT2D eigenvalue weighted by atomic mass is 9.82. The molecule has 2 saturated heterocycles. The summed E-state index contributed by atoms with van der Waals surface area (Å²) in [7, 11) is -3.37. The zero-order valence-electron chi connectivity index (χ0n) is 14.0. The maximum absolute atomic E-state index is 12.7. The summed E-state index contributed by atoms with van der Waals surface area (Å²) in [5.74, 6) is -0.295. The van der Waals surface area contributed by atoms with Gasteiger partial charge in [0.15, 0.2) is 9.84 Å². The van der Waals surface area contributed by atoms with Gasteiger partial charge in [0.05, 0.1) is 0 Å². The van der Waals surface area contributed by atoms with Crippen molar-refractivity contribution < 1.29 is 17.9 Å². The van der Waals surface area contributed by atoms with Crippen molar-refractivity contribution in [3.63, 3.8) is 0 Å². The molecule has 3 fully saturated rings. The van der Waals surface area contributed by atoms with E-state index in [0.29, 0.717) is 32.6 Å². The molecule has 0 unspecified atom stereocenters. The van der Waals surface area contributed by atoms with Crippen LogP contribution in [0.25, 0.3) is 0 Å². The zero-order chi connectivity index (χ0) is 16.6. The second kappa shape index (κ2) is 6.33. The number of likely N-dealkylation sites (tertiary alicyclic amines) is 1. The summed E-state index contributed by atoms with van der Waals surface area (Å²) in [4.78, 5) is 15.1. The molecule has 0 aromatic rings.